The van der Waals surface area contributed by atoms with Crippen molar-refractivity contribution >= 4 is 11.3 Å². The van der Waals surface area contributed by atoms with Gasteiger partial charge in [-0.05, 0) is 29.6 Å². The van der Waals surface area contributed by atoms with Crippen LogP contribution in [0.15, 0.2) is 52.8 Å². The largest absolute Gasteiger partial charge is 0.319 e. The molecule has 0 saturated carbocycles. The Morgan fingerprint density at radius 3 is 2.80 bits per heavy atom. The molecule has 0 bridgehead atoms. The van der Waals surface area contributed by atoms with Crippen molar-refractivity contribution in [2.24, 2.45) is 0 Å². The molecule has 3 heterocycles. The number of pyridine rings is 2. The number of aromatic nitrogens is 2. The van der Waals surface area contributed by atoms with E-state index in [4.69, 9.17) is 0 Å². The summed E-state index contributed by atoms with van der Waals surface area (Å²) in [6, 6.07) is 13.0. The van der Waals surface area contributed by atoms with Crippen LogP contribution in [-0.4, -0.2) is 9.97 Å². The lowest BCUT2D eigenvalue weighted by atomic mass is 10.1. The van der Waals surface area contributed by atoms with Crippen molar-refractivity contribution in [3.8, 4) is 27.9 Å². The second kappa shape index (κ2) is 5.11. The molecule has 3 aromatic rings. The van der Waals surface area contributed by atoms with Gasteiger partial charge in [-0.25, -0.2) is 0 Å². The van der Waals surface area contributed by atoms with Gasteiger partial charge in [0.2, 0.25) is 0 Å². The second-order valence-corrected chi connectivity index (χ2v) is 5.05. The lowest BCUT2D eigenvalue weighted by Crippen LogP contribution is -2.12. The van der Waals surface area contributed by atoms with Crippen LogP contribution in [0.25, 0.3) is 21.8 Å². The number of hydrogen-bond acceptors (Lipinski definition) is 4. The molecular formula is C15H9N3OS. The van der Waals surface area contributed by atoms with E-state index in [1.807, 2.05) is 41.8 Å². The minimum atomic E-state index is -0.390. The Kier molecular flexibility index (Phi) is 3.15. The number of aromatic amines is 1. The number of nitrogens with zero attached hydrogens (tertiary/aromatic N) is 2. The fraction of sp³-hybridized carbons (Fsp3) is 0. The van der Waals surface area contributed by atoms with Crippen LogP contribution >= 0.6 is 11.3 Å². The van der Waals surface area contributed by atoms with Crippen molar-refractivity contribution < 1.29 is 0 Å². The molecule has 0 aliphatic rings. The topological polar surface area (TPSA) is 69.5 Å². The standard InChI is InChI=1S/C15H9N3OS/c16-9-11-10(14-5-3-7-20-14)8-13(18-15(11)19)12-4-1-2-6-17-12/h1-8H,(H,18,19). The summed E-state index contributed by atoms with van der Waals surface area (Å²) >= 11 is 1.49. The summed E-state index contributed by atoms with van der Waals surface area (Å²) in [5, 5.41) is 11.1. The van der Waals surface area contributed by atoms with Gasteiger partial charge >= 0.3 is 0 Å². The highest BCUT2D eigenvalue weighted by Crippen LogP contribution is 2.28. The van der Waals surface area contributed by atoms with Crippen molar-refractivity contribution in [1.82, 2.24) is 9.97 Å². The summed E-state index contributed by atoms with van der Waals surface area (Å²) in [4.78, 5) is 19.9. The van der Waals surface area contributed by atoms with Gasteiger partial charge in [0.1, 0.15) is 11.6 Å². The van der Waals surface area contributed by atoms with Gasteiger partial charge in [0.05, 0.1) is 11.4 Å². The molecule has 0 aliphatic carbocycles. The van der Waals surface area contributed by atoms with Crippen molar-refractivity contribution in [3.05, 3.63) is 63.9 Å². The molecule has 0 saturated heterocycles. The third-order valence-electron chi connectivity index (χ3n) is 2.87. The first-order valence-corrected chi connectivity index (χ1v) is 6.80. The maximum Gasteiger partial charge on any atom is 0.267 e. The molecule has 0 unspecified atom stereocenters. The third-order valence-corrected chi connectivity index (χ3v) is 3.78. The zero-order chi connectivity index (χ0) is 13.9. The predicted octanol–water partition coefficient (Wildman–Crippen LogP) is 3.04. The summed E-state index contributed by atoms with van der Waals surface area (Å²) in [7, 11) is 0. The van der Waals surface area contributed by atoms with Crippen molar-refractivity contribution in [2.45, 2.75) is 0 Å². The molecule has 0 spiro atoms. The molecule has 0 amide bonds. The predicted molar refractivity (Wildman–Crippen MR) is 78.3 cm³/mol. The minimum absolute atomic E-state index is 0.132. The Morgan fingerprint density at radius 1 is 1.25 bits per heavy atom. The van der Waals surface area contributed by atoms with Crippen LogP contribution in [-0.2, 0) is 0 Å². The lowest BCUT2D eigenvalue weighted by molar-refractivity contribution is 1.19. The summed E-state index contributed by atoms with van der Waals surface area (Å²) in [6.07, 6.45) is 1.66. The lowest BCUT2D eigenvalue weighted by Gasteiger charge is -2.05. The third kappa shape index (κ3) is 2.13. The highest BCUT2D eigenvalue weighted by atomic mass is 32.1. The molecule has 4 nitrogen and oxygen atoms in total. The van der Waals surface area contributed by atoms with E-state index in [2.05, 4.69) is 9.97 Å². The molecule has 96 valence electrons. The summed E-state index contributed by atoms with van der Waals surface area (Å²) in [6.45, 7) is 0. The van der Waals surface area contributed by atoms with Crippen LogP contribution in [0.4, 0.5) is 0 Å². The fourth-order valence-corrected chi connectivity index (χ4v) is 2.71. The number of hydrogen-bond donors (Lipinski definition) is 1. The van der Waals surface area contributed by atoms with E-state index >= 15 is 0 Å². The van der Waals surface area contributed by atoms with E-state index in [1.165, 1.54) is 11.3 Å². The minimum Gasteiger partial charge on any atom is -0.319 e. The first-order chi connectivity index (χ1) is 9.79. The van der Waals surface area contributed by atoms with Gasteiger partial charge in [0, 0.05) is 16.6 Å². The number of rotatable bonds is 2. The Balaban J connectivity index is 2.27. The van der Waals surface area contributed by atoms with Crippen molar-refractivity contribution in [1.29, 1.82) is 5.26 Å². The van der Waals surface area contributed by atoms with Gasteiger partial charge in [-0.2, -0.15) is 5.26 Å². The number of thiophene rings is 1. The summed E-state index contributed by atoms with van der Waals surface area (Å²) in [5.41, 5.74) is 1.67. The summed E-state index contributed by atoms with van der Waals surface area (Å²) < 4.78 is 0. The average molecular weight is 279 g/mol. The number of H-pyrrole nitrogens is 1. The van der Waals surface area contributed by atoms with Crippen LogP contribution < -0.4 is 5.56 Å². The normalized spacial score (nSPS) is 10.2. The Hall–Kier alpha value is -2.71. The highest BCUT2D eigenvalue weighted by Gasteiger charge is 2.13. The Bertz CT molecular complexity index is 830. The van der Waals surface area contributed by atoms with E-state index in [0.717, 1.165) is 4.88 Å². The molecule has 0 aliphatic heterocycles. The monoisotopic (exact) mass is 279 g/mol. The SMILES string of the molecule is N#Cc1c(-c2cccs2)cc(-c2ccccn2)[nH]c1=O. The van der Waals surface area contributed by atoms with Gasteiger partial charge < -0.3 is 4.98 Å². The molecule has 5 heteroatoms. The molecule has 0 aromatic carbocycles. The van der Waals surface area contributed by atoms with E-state index < -0.39 is 0 Å². The molecule has 3 rings (SSSR count). The van der Waals surface area contributed by atoms with Crippen LogP contribution in [0.3, 0.4) is 0 Å². The first-order valence-electron chi connectivity index (χ1n) is 5.92. The van der Waals surface area contributed by atoms with E-state index in [9.17, 15) is 10.1 Å². The Labute approximate surface area is 119 Å². The molecular weight excluding hydrogens is 270 g/mol. The summed E-state index contributed by atoms with van der Waals surface area (Å²) in [5.74, 6) is 0. The maximum atomic E-state index is 12.1. The fourth-order valence-electron chi connectivity index (χ4n) is 1.96. The van der Waals surface area contributed by atoms with Crippen LogP contribution in [0.5, 0.6) is 0 Å². The van der Waals surface area contributed by atoms with Crippen molar-refractivity contribution in [3.63, 3.8) is 0 Å². The van der Waals surface area contributed by atoms with Crippen molar-refractivity contribution in [2.75, 3.05) is 0 Å². The van der Waals surface area contributed by atoms with Gasteiger partial charge in [-0.3, -0.25) is 9.78 Å². The smallest absolute Gasteiger partial charge is 0.267 e. The van der Waals surface area contributed by atoms with Crippen LogP contribution in [0.2, 0.25) is 0 Å². The molecule has 1 N–H and O–H groups in total. The molecule has 20 heavy (non-hydrogen) atoms. The second-order valence-electron chi connectivity index (χ2n) is 4.10. The van der Waals surface area contributed by atoms with E-state index in [-0.39, 0.29) is 11.1 Å². The number of nitrogens with one attached hydrogen (secondary N) is 1. The molecule has 0 radical (unpaired) electrons. The van der Waals surface area contributed by atoms with Gasteiger partial charge in [-0.15, -0.1) is 11.3 Å². The quantitative estimate of drug-likeness (QED) is 0.783. The van der Waals surface area contributed by atoms with Gasteiger partial charge in [0.15, 0.2) is 0 Å². The van der Waals surface area contributed by atoms with Gasteiger partial charge in [0.25, 0.3) is 5.56 Å². The molecule has 0 atom stereocenters. The zero-order valence-corrected chi connectivity index (χ0v) is 11.1. The highest BCUT2D eigenvalue weighted by molar-refractivity contribution is 7.13. The Morgan fingerprint density at radius 2 is 2.15 bits per heavy atom. The average Bonchev–Trinajstić information content (AvgIpc) is 3.01. The molecule has 0 fully saturated rings. The van der Waals surface area contributed by atoms with E-state index in [1.54, 1.807) is 12.3 Å². The van der Waals surface area contributed by atoms with E-state index in [0.29, 0.717) is 17.0 Å². The van der Waals surface area contributed by atoms with Crippen LogP contribution in [0, 0.1) is 11.3 Å². The van der Waals surface area contributed by atoms with Crippen LogP contribution in [0.1, 0.15) is 5.56 Å². The maximum absolute atomic E-state index is 12.1. The zero-order valence-electron chi connectivity index (χ0n) is 10.3. The first kappa shape index (κ1) is 12.3. The molecule has 3 aromatic heterocycles. The van der Waals surface area contributed by atoms with Gasteiger partial charge in [-0.1, -0.05) is 12.1 Å². The number of nitriles is 1.